The Balaban J connectivity index is 3.03. The van der Waals surface area contributed by atoms with Gasteiger partial charge < -0.3 is 10.4 Å². The van der Waals surface area contributed by atoms with Crippen molar-refractivity contribution in [2.24, 2.45) is 0 Å². The maximum Gasteiger partial charge on any atom is 0.0512 e. The van der Waals surface area contributed by atoms with Crippen LogP contribution in [0.25, 0.3) is 0 Å². The quantitative estimate of drug-likeness (QED) is 0.608. The van der Waals surface area contributed by atoms with Crippen molar-refractivity contribution in [3.8, 4) is 0 Å². The molecule has 0 saturated heterocycles. The standard InChI is InChI=1S/C8H19NO/c1-7(9-3)5-4-6-8(2)10/h7-10H,4-6H2,1-3H3. The van der Waals surface area contributed by atoms with E-state index in [0.717, 1.165) is 19.3 Å². The molecule has 0 saturated carbocycles. The maximum absolute atomic E-state index is 8.92. The molecule has 0 aromatic carbocycles. The zero-order valence-corrected chi connectivity index (χ0v) is 7.22. The lowest BCUT2D eigenvalue weighted by Crippen LogP contribution is -2.21. The molecule has 2 heteroatoms. The lowest BCUT2D eigenvalue weighted by atomic mass is 10.1. The Labute approximate surface area is 63.6 Å². The minimum Gasteiger partial charge on any atom is -0.393 e. The van der Waals surface area contributed by atoms with E-state index >= 15 is 0 Å². The van der Waals surface area contributed by atoms with Gasteiger partial charge in [-0.3, -0.25) is 0 Å². The van der Waals surface area contributed by atoms with Crippen LogP contribution in [-0.4, -0.2) is 24.3 Å². The first-order valence-electron chi connectivity index (χ1n) is 4.02. The highest BCUT2D eigenvalue weighted by Gasteiger charge is 1.99. The van der Waals surface area contributed by atoms with Crippen molar-refractivity contribution in [2.45, 2.75) is 45.3 Å². The summed E-state index contributed by atoms with van der Waals surface area (Å²) < 4.78 is 0. The molecule has 0 heterocycles. The molecule has 0 rings (SSSR count). The first kappa shape index (κ1) is 9.92. The number of aliphatic hydroxyl groups excluding tert-OH is 1. The third-order valence-electron chi connectivity index (χ3n) is 1.75. The average molecular weight is 145 g/mol. The van der Waals surface area contributed by atoms with Crippen LogP contribution < -0.4 is 5.32 Å². The van der Waals surface area contributed by atoms with Crippen LogP contribution in [0.2, 0.25) is 0 Å². The van der Waals surface area contributed by atoms with Crippen molar-refractivity contribution in [3.05, 3.63) is 0 Å². The van der Waals surface area contributed by atoms with Crippen molar-refractivity contribution < 1.29 is 5.11 Å². The van der Waals surface area contributed by atoms with Crippen molar-refractivity contribution in [1.29, 1.82) is 0 Å². The molecule has 0 aromatic heterocycles. The Morgan fingerprint density at radius 1 is 1.30 bits per heavy atom. The lowest BCUT2D eigenvalue weighted by Gasteiger charge is -2.09. The normalized spacial score (nSPS) is 16.8. The van der Waals surface area contributed by atoms with Crippen molar-refractivity contribution in [2.75, 3.05) is 7.05 Å². The monoisotopic (exact) mass is 145 g/mol. The topological polar surface area (TPSA) is 32.3 Å². The van der Waals surface area contributed by atoms with Crippen LogP contribution in [0.3, 0.4) is 0 Å². The second kappa shape index (κ2) is 5.69. The summed E-state index contributed by atoms with van der Waals surface area (Å²) in [5, 5.41) is 12.1. The summed E-state index contributed by atoms with van der Waals surface area (Å²) in [5.74, 6) is 0. The predicted octanol–water partition coefficient (Wildman–Crippen LogP) is 1.15. The summed E-state index contributed by atoms with van der Waals surface area (Å²) in [6.07, 6.45) is 3.05. The third kappa shape index (κ3) is 6.05. The molecule has 0 spiro atoms. The van der Waals surface area contributed by atoms with Crippen molar-refractivity contribution in [3.63, 3.8) is 0 Å². The summed E-state index contributed by atoms with van der Waals surface area (Å²) in [7, 11) is 1.97. The first-order valence-corrected chi connectivity index (χ1v) is 4.02. The molecule has 0 fully saturated rings. The molecule has 0 aliphatic carbocycles. The Morgan fingerprint density at radius 2 is 1.90 bits per heavy atom. The van der Waals surface area contributed by atoms with Gasteiger partial charge in [-0.1, -0.05) is 0 Å². The van der Waals surface area contributed by atoms with Gasteiger partial charge in [0, 0.05) is 6.04 Å². The SMILES string of the molecule is CNC(C)CCCC(C)O. The molecule has 2 nitrogen and oxygen atoms in total. The van der Waals surface area contributed by atoms with Gasteiger partial charge in [0.1, 0.15) is 0 Å². The van der Waals surface area contributed by atoms with Crippen LogP contribution in [0.5, 0.6) is 0 Å². The summed E-state index contributed by atoms with van der Waals surface area (Å²) in [6, 6.07) is 0.582. The van der Waals surface area contributed by atoms with E-state index in [1.165, 1.54) is 0 Å². The molecule has 0 radical (unpaired) electrons. The zero-order chi connectivity index (χ0) is 7.98. The molecule has 0 aliphatic heterocycles. The fraction of sp³-hybridized carbons (Fsp3) is 1.00. The van der Waals surface area contributed by atoms with E-state index < -0.39 is 0 Å². The van der Waals surface area contributed by atoms with E-state index in [0.29, 0.717) is 6.04 Å². The van der Waals surface area contributed by atoms with Crippen molar-refractivity contribution >= 4 is 0 Å². The minimum absolute atomic E-state index is 0.135. The van der Waals surface area contributed by atoms with E-state index in [-0.39, 0.29) is 6.10 Å². The van der Waals surface area contributed by atoms with Gasteiger partial charge in [0.15, 0.2) is 0 Å². The molecule has 10 heavy (non-hydrogen) atoms. The lowest BCUT2D eigenvalue weighted by molar-refractivity contribution is 0.179. The highest BCUT2D eigenvalue weighted by atomic mass is 16.3. The highest BCUT2D eigenvalue weighted by molar-refractivity contribution is 4.57. The van der Waals surface area contributed by atoms with Gasteiger partial charge in [0.25, 0.3) is 0 Å². The van der Waals surface area contributed by atoms with E-state index in [9.17, 15) is 0 Å². The van der Waals surface area contributed by atoms with Crippen LogP contribution in [-0.2, 0) is 0 Å². The predicted molar refractivity (Wildman–Crippen MR) is 44.1 cm³/mol. The van der Waals surface area contributed by atoms with Gasteiger partial charge in [-0.2, -0.15) is 0 Å². The molecule has 0 bridgehead atoms. The maximum atomic E-state index is 8.92. The number of nitrogens with one attached hydrogen (secondary N) is 1. The Hall–Kier alpha value is -0.0800. The Morgan fingerprint density at radius 3 is 2.30 bits per heavy atom. The van der Waals surface area contributed by atoms with Gasteiger partial charge in [-0.05, 0) is 40.2 Å². The molecule has 2 atom stereocenters. The third-order valence-corrected chi connectivity index (χ3v) is 1.75. The van der Waals surface area contributed by atoms with Gasteiger partial charge in [0.2, 0.25) is 0 Å². The smallest absolute Gasteiger partial charge is 0.0512 e. The van der Waals surface area contributed by atoms with Gasteiger partial charge >= 0.3 is 0 Å². The van der Waals surface area contributed by atoms with Crippen LogP contribution in [0.15, 0.2) is 0 Å². The molecule has 62 valence electrons. The molecular weight excluding hydrogens is 126 g/mol. The van der Waals surface area contributed by atoms with Crippen molar-refractivity contribution in [1.82, 2.24) is 5.32 Å². The molecule has 2 unspecified atom stereocenters. The number of aliphatic hydroxyl groups is 1. The van der Waals surface area contributed by atoms with Crippen LogP contribution >= 0.6 is 0 Å². The number of hydrogen-bond acceptors (Lipinski definition) is 2. The van der Waals surface area contributed by atoms with Crippen LogP contribution in [0.1, 0.15) is 33.1 Å². The van der Waals surface area contributed by atoms with E-state index in [2.05, 4.69) is 12.2 Å². The summed E-state index contributed by atoms with van der Waals surface area (Å²) in [5.41, 5.74) is 0. The summed E-state index contributed by atoms with van der Waals surface area (Å²) >= 11 is 0. The fourth-order valence-corrected chi connectivity index (χ4v) is 0.864. The van der Waals surface area contributed by atoms with Crippen LogP contribution in [0.4, 0.5) is 0 Å². The average Bonchev–Trinajstić information content (AvgIpc) is 1.87. The highest BCUT2D eigenvalue weighted by Crippen LogP contribution is 2.02. The molecule has 0 amide bonds. The first-order chi connectivity index (χ1) is 4.66. The molecule has 0 aliphatic rings. The number of rotatable bonds is 5. The Kier molecular flexibility index (Phi) is 5.64. The number of hydrogen-bond donors (Lipinski definition) is 2. The van der Waals surface area contributed by atoms with Gasteiger partial charge in [0.05, 0.1) is 6.10 Å². The second-order valence-corrected chi connectivity index (χ2v) is 2.97. The van der Waals surface area contributed by atoms with Gasteiger partial charge in [-0.15, -0.1) is 0 Å². The van der Waals surface area contributed by atoms with E-state index in [1.807, 2.05) is 14.0 Å². The van der Waals surface area contributed by atoms with E-state index in [4.69, 9.17) is 5.11 Å². The summed E-state index contributed by atoms with van der Waals surface area (Å²) in [4.78, 5) is 0. The molecule has 0 aromatic rings. The molecule has 2 N–H and O–H groups in total. The largest absolute Gasteiger partial charge is 0.393 e. The summed E-state index contributed by atoms with van der Waals surface area (Å²) in [6.45, 7) is 3.99. The minimum atomic E-state index is -0.135. The molecular formula is C8H19NO. The van der Waals surface area contributed by atoms with Crippen LogP contribution in [0, 0.1) is 0 Å². The van der Waals surface area contributed by atoms with Gasteiger partial charge in [-0.25, -0.2) is 0 Å². The van der Waals surface area contributed by atoms with E-state index in [1.54, 1.807) is 0 Å². The Bertz CT molecular complexity index is 73.7. The zero-order valence-electron chi connectivity index (χ0n) is 7.22. The second-order valence-electron chi connectivity index (χ2n) is 2.97. The fourth-order valence-electron chi connectivity index (χ4n) is 0.864.